The Morgan fingerprint density at radius 1 is 1.25 bits per heavy atom. The monoisotopic (exact) mass is 452 g/mol. The molecule has 1 aromatic heterocycles. The maximum absolute atomic E-state index is 13.0. The van der Waals surface area contributed by atoms with Gasteiger partial charge in [-0.25, -0.2) is 0 Å². The van der Waals surface area contributed by atoms with Gasteiger partial charge >= 0.3 is 0 Å². The van der Waals surface area contributed by atoms with Crippen molar-refractivity contribution >= 4 is 28.8 Å². The van der Waals surface area contributed by atoms with E-state index in [-0.39, 0.29) is 17.7 Å². The van der Waals surface area contributed by atoms with Crippen molar-refractivity contribution in [2.24, 2.45) is 5.73 Å². The van der Waals surface area contributed by atoms with Crippen molar-refractivity contribution in [3.05, 3.63) is 51.2 Å². The lowest BCUT2D eigenvalue weighted by atomic mass is 9.83. The molecule has 1 amide bonds. The molecule has 4 N–H and O–H groups in total. The van der Waals surface area contributed by atoms with E-state index < -0.39 is 0 Å². The number of amidine groups is 1. The number of hydrogen-bond donors (Lipinski definition) is 3. The summed E-state index contributed by atoms with van der Waals surface area (Å²) < 4.78 is 0. The van der Waals surface area contributed by atoms with Gasteiger partial charge in [0.05, 0.1) is 10.8 Å². The first-order chi connectivity index (χ1) is 15.4. The number of unbranched alkanes of at least 4 members (excludes halogenated alkanes) is 1. The van der Waals surface area contributed by atoms with Crippen LogP contribution < -0.4 is 11.1 Å². The number of nitrogens with two attached hydrogens (primary N) is 1. The molecule has 2 aromatic rings. The smallest absolute Gasteiger partial charge is 0.233 e. The number of likely N-dealkylation sites (tertiary alicyclic amines) is 1. The Balaban J connectivity index is 1.72. The lowest BCUT2D eigenvalue weighted by molar-refractivity contribution is -0.117. The van der Waals surface area contributed by atoms with E-state index in [1.807, 2.05) is 18.2 Å². The molecule has 4 rings (SSSR count). The summed E-state index contributed by atoms with van der Waals surface area (Å²) in [5.41, 5.74) is 9.30. The molecule has 3 heterocycles. The number of carbonyl (C=O) groups is 1. The zero-order valence-corrected chi connectivity index (χ0v) is 20.3. The van der Waals surface area contributed by atoms with E-state index in [4.69, 9.17) is 11.1 Å². The number of carbonyl (C=O) groups excluding carboxylic acids is 1. The molecular weight excluding hydrogens is 416 g/mol. The van der Waals surface area contributed by atoms with E-state index in [0.29, 0.717) is 24.5 Å². The Labute approximate surface area is 195 Å². The molecular formula is C26H36N4OS. The van der Waals surface area contributed by atoms with Crippen molar-refractivity contribution in [3.63, 3.8) is 0 Å². The SMILES string of the molecule is CCCCC(c1cccc2c1CC(c1ccc(C(=N)N)s1)C(=O)N2)N1C(C)CCCC1C. The maximum atomic E-state index is 13.0. The Hall–Kier alpha value is -2.18. The Morgan fingerprint density at radius 2 is 2.00 bits per heavy atom. The number of nitrogens with one attached hydrogen (secondary N) is 2. The average Bonchev–Trinajstić information content (AvgIpc) is 3.25. The summed E-state index contributed by atoms with van der Waals surface area (Å²) in [4.78, 5) is 17.5. The first-order valence-electron chi connectivity index (χ1n) is 12.0. The minimum absolute atomic E-state index is 0.0384. The minimum atomic E-state index is -0.232. The molecule has 4 unspecified atom stereocenters. The van der Waals surface area contributed by atoms with Crippen LogP contribution in [0.5, 0.6) is 0 Å². The molecule has 1 fully saturated rings. The normalized spacial score (nSPS) is 24.6. The summed E-state index contributed by atoms with van der Waals surface area (Å²) in [6.07, 6.45) is 8.05. The van der Waals surface area contributed by atoms with Gasteiger partial charge in [0, 0.05) is 28.7 Å². The van der Waals surface area contributed by atoms with E-state index in [0.717, 1.165) is 21.9 Å². The fourth-order valence-corrected chi connectivity index (χ4v) is 6.58. The van der Waals surface area contributed by atoms with E-state index in [9.17, 15) is 4.79 Å². The number of nitrogen functional groups attached to an aromatic ring is 1. The third-order valence-electron chi connectivity index (χ3n) is 7.24. The number of fused-ring (bicyclic) bond motifs is 1. The van der Waals surface area contributed by atoms with Gasteiger partial charge in [0.15, 0.2) is 0 Å². The second kappa shape index (κ2) is 9.75. The molecule has 32 heavy (non-hydrogen) atoms. The number of rotatable bonds is 7. The Morgan fingerprint density at radius 3 is 2.66 bits per heavy atom. The highest BCUT2D eigenvalue weighted by Crippen LogP contribution is 2.42. The summed E-state index contributed by atoms with van der Waals surface area (Å²) in [5, 5.41) is 10.9. The molecule has 6 heteroatoms. The molecule has 0 saturated carbocycles. The quantitative estimate of drug-likeness (QED) is 0.366. The molecule has 0 radical (unpaired) electrons. The van der Waals surface area contributed by atoms with Crippen LogP contribution in [0.15, 0.2) is 30.3 Å². The standard InChI is InChI=1S/C26H36N4OS/c1-4-5-12-22(30-16(2)8-6-9-17(30)3)18-10-7-11-21-19(18)15-20(26(31)29-21)23-13-14-24(32-23)25(27)28/h7,10-11,13-14,16-17,20,22H,4-6,8-9,12,15H2,1-3H3,(H3,27,28)(H,29,31). The summed E-state index contributed by atoms with van der Waals surface area (Å²) >= 11 is 1.46. The largest absolute Gasteiger partial charge is 0.383 e. The average molecular weight is 453 g/mol. The van der Waals surface area contributed by atoms with Crippen molar-refractivity contribution in [2.75, 3.05) is 5.32 Å². The molecule has 0 bridgehead atoms. The van der Waals surface area contributed by atoms with Gasteiger partial charge in [0.25, 0.3) is 0 Å². The summed E-state index contributed by atoms with van der Waals surface area (Å²) in [6.45, 7) is 7.02. The van der Waals surface area contributed by atoms with Crippen molar-refractivity contribution in [3.8, 4) is 0 Å². The fourth-order valence-electron chi connectivity index (χ4n) is 5.61. The zero-order valence-electron chi connectivity index (χ0n) is 19.5. The number of benzene rings is 1. The number of hydrogen-bond acceptors (Lipinski definition) is 4. The van der Waals surface area contributed by atoms with E-state index in [1.165, 1.54) is 54.6 Å². The Kier molecular flexibility index (Phi) is 7.01. The molecule has 0 aliphatic carbocycles. The fraction of sp³-hybridized carbons (Fsp3) is 0.538. The van der Waals surface area contributed by atoms with Gasteiger partial charge in [-0.2, -0.15) is 0 Å². The predicted molar refractivity (Wildman–Crippen MR) is 134 cm³/mol. The summed E-state index contributed by atoms with van der Waals surface area (Å²) in [5.74, 6) is -0.132. The zero-order chi connectivity index (χ0) is 22.8. The van der Waals surface area contributed by atoms with E-state index in [2.05, 4.69) is 43.1 Å². The van der Waals surface area contributed by atoms with Gasteiger partial charge in [0.2, 0.25) is 5.91 Å². The maximum Gasteiger partial charge on any atom is 0.233 e. The lowest BCUT2D eigenvalue weighted by Gasteiger charge is -2.45. The van der Waals surface area contributed by atoms with Crippen molar-refractivity contribution in [1.82, 2.24) is 4.90 Å². The number of piperidine rings is 1. The number of thiophene rings is 1. The molecule has 172 valence electrons. The first kappa shape index (κ1) is 23.0. The van der Waals surface area contributed by atoms with Crippen LogP contribution in [0.3, 0.4) is 0 Å². The van der Waals surface area contributed by atoms with Crippen LogP contribution >= 0.6 is 11.3 Å². The van der Waals surface area contributed by atoms with Crippen LogP contribution in [0.2, 0.25) is 0 Å². The second-order valence-electron chi connectivity index (χ2n) is 9.47. The molecule has 1 saturated heterocycles. The molecule has 5 nitrogen and oxygen atoms in total. The number of amides is 1. The van der Waals surface area contributed by atoms with Crippen molar-refractivity contribution < 1.29 is 4.79 Å². The highest BCUT2D eigenvalue weighted by Gasteiger charge is 2.36. The predicted octanol–water partition coefficient (Wildman–Crippen LogP) is 5.80. The van der Waals surface area contributed by atoms with Gasteiger partial charge in [-0.05, 0) is 68.9 Å². The molecule has 2 aliphatic heterocycles. The van der Waals surface area contributed by atoms with Gasteiger partial charge < -0.3 is 11.1 Å². The molecule has 4 atom stereocenters. The minimum Gasteiger partial charge on any atom is -0.383 e. The molecule has 1 aromatic carbocycles. The van der Waals surface area contributed by atoms with E-state index in [1.54, 1.807) is 0 Å². The van der Waals surface area contributed by atoms with Crippen LogP contribution in [0.4, 0.5) is 5.69 Å². The van der Waals surface area contributed by atoms with Gasteiger partial charge in [-0.1, -0.05) is 38.3 Å². The van der Waals surface area contributed by atoms with Crippen molar-refractivity contribution in [1.29, 1.82) is 5.41 Å². The highest BCUT2D eigenvalue weighted by molar-refractivity contribution is 7.14. The number of anilines is 1. The van der Waals surface area contributed by atoms with Gasteiger partial charge in [-0.15, -0.1) is 11.3 Å². The van der Waals surface area contributed by atoms with Crippen LogP contribution in [0, 0.1) is 5.41 Å². The van der Waals surface area contributed by atoms with Gasteiger partial charge in [0.1, 0.15) is 5.84 Å². The van der Waals surface area contributed by atoms with Crippen LogP contribution in [-0.2, 0) is 11.2 Å². The molecule has 0 spiro atoms. The number of nitrogens with zero attached hydrogens (tertiary/aromatic N) is 1. The first-order valence-corrected chi connectivity index (χ1v) is 12.9. The Bertz CT molecular complexity index is 974. The highest BCUT2D eigenvalue weighted by atomic mass is 32.1. The lowest BCUT2D eigenvalue weighted by Crippen LogP contribution is -2.46. The van der Waals surface area contributed by atoms with Crippen LogP contribution in [0.1, 0.15) is 92.1 Å². The summed E-state index contributed by atoms with van der Waals surface area (Å²) in [7, 11) is 0. The topological polar surface area (TPSA) is 82.2 Å². The van der Waals surface area contributed by atoms with Gasteiger partial charge in [-0.3, -0.25) is 15.1 Å². The summed E-state index contributed by atoms with van der Waals surface area (Å²) in [6, 6.07) is 11.8. The van der Waals surface area contributed by atoms with E-state index >= 15 is 0 Å². The second-order valence-corrected chi connectivity index (χ2v) is 10.6. The molecule has 2 aliphatic rings. The van der Waals surface area contributed by atoms with Crippen molar-refractivity contribution in [2.45, 2.75) is 89.8 Å². The van der Waals surface area contributed by atoms with Crippen LogP contribution in [-0.4, -0.2) is 28.7 Å². The third-order valence-corrected chi connectivity index (χ3v) is 8.47. The third kappa shape index (κ3) is 4.48. The van der Waals surface area contributed by atoms with Crippen LogP contribution in [0.25, 0.3) is 0 Å².